The van der Waals surface area contributed by atoms with Crippen molar-refractivity contribution >= 4 is 5.69 Å². The maximum absolute atomic E-state index is 13.4. The Morgan fingerprint density at radius 1 is 1.18 bits per heavy atom. The second-order valence-corrected chi connectivity index (χ2v) is 3.66. The van der Waals surface area contributed by atoms with Crippen molar-refractivity contribution in [1.82, 2.24) is 4.57 Å². The molecule has 0 amide bonds. The Morgan fingerprint density at radius 2 is 1.94 bits per heavy atom. The van der Waals surface area contributed by atoms with Crippen molar-refractivity contribution in [2.45, 2.75) is 6.54 Å². The van der Waals surface area contributed by atoms with Crippen molar-refractivity contribution < 1.29 is 8.78 Å². The molecule has 0 radical (unpaired) electrons. The van der Waals surface area contributed by atoms with Crippen LogP contribution in [0.1, 0.15) is 5.56 Å². The van der Waals surface area contributed by atoms with Gasteiger partial charge < -0.3 is 10.3 Å². The molecule has 0 saturated heterocycles. The van der Waals surface area contributed by atoms with Crippen LogP contribution >= 0.6 is 0 Å². The smallest absolute Gasteiger partial charge is 0.250 e. The van der Waals surface area contributed by atoms with Gasteiger partial charge in [-0.2, -0.15) is 0 Å². The van der Waals surface area contributed by atoms with Crippen molar-refractivity contribution in [2.24, 2.45) is 0 Å². The third-order valence-corrected chi connectivity index (χ3v) is 2.36. The van der Waals surface area contributed by atoms with Crippen LogP contribution in [0.4, 0.5) is 14.5 Å². The molecule has 0 saturated carbocycles. The van der Waals surface area contributed by atoms with E-state index in [1.54, 1.807) is 0 Å². The van der Waals surface area contributed by atoms with Gasteiger partial charge in [0.2, 0.25) is 0 Å². The number of aromatic nitrogens is 1. The molecule has 3 nitrogen and oxygen atoms in total. The third-order valence-electron chi connectivity index (χ3n) is 2.36. The molecule has 0 spiro atoms. The fourth-order valence-electron chi connectivity index (χ4n) is 1.51. The van der Waals surface area contributed by atoms with Gasteiger partial charge in [0.1, 0.15) is 11.6 Å². The molecule has 1 aromatic heterocycles. The van der Waals surface area contributed by atoms with Gasteiger partial charge in [-0.3, -0.25) is 4.79 Å². The third kappa shape index (κ3) is 2.50. The maximum Gasteiger partial charge on any atom is 0.250 e. The lowest BCUT2D eigenvalue weighted by molar-refractivity contribution is 0.564. The predicted molar refractivity (Wildman–Crippen MR) is 60.6 cm³/mol. The summed E-state index contributed by atoms with van der Waals surface area (Å²) in [5, 5.41) is 0. The van der Waals surface area contributed by atoms with E-state index in [9.17, 15) is 13.6 Å². The minimum atomic E-state index is -0.681. The molecular formula is C12H10F2N2O. The lowest BCUT2D eigenvalue weighted by Crippen LogP contribution is -2.20. The van der Waals surface area contributed by atoms with Crippen LogP contribution in [-0.4, -0.2) is 4.57 Å². The fraction of sp³-hybridized carbons (Fsp3) is 0.0833. The zero-order valence-corrected chi connectivity index (χ0v) is 8.86. The number of benzene rings is 1. The van der Waals surface area contributed by atoms with Crippen LogP contribution in [0.3, 0.4) is 0 Å². The first kappa shape index (κ1) is 11.3. The maximum atomic E-state index is 13.4. The first-order valence-corrected chi connectivity index (χ1v) is 4.96. The van der Waals surface area contributed by atoms with Crippen molar-refractivity contribution in [3.05, 3.63) is 64.1 Å². The Balaban J connectivity index is 2.38. The zero-order chi connectivity index (χ0) is 12.4. The van der Waals surface area contributed by atoms with Gasteiger partial charge in [-0.05, 0) is 12.1 Å². The van der Waals surface area contributed by atoms with Crippen LogP contribution in [0.2, 0.25) is 0 Å². The number of nitrogen functional groups attached to an aromatic ring is 1. The van der Waals surface area contributed by atoms with E-state index in [4.69, 9.17) is 5.73 Å². The summed E-state index contributed by atoms with van der Waals surface area (Å²) in [6.45, 7) is 0.0238. The Hall–Kier alpha value is -2.17. The summed E-state index contributed by atoms with van der Waals surface area (Å²) in [4.78, 5) is 11.5. The average Bonchev–Trinajstić information content (AvgIpc) is 2.27. The predicted octanol–water partition coefficient (Wildman–Crippen LogP) is 1.76. The Labute approximate surface area is 96.1 Å². The quantitative estimate of drug-likeness (QED) is 0.863. The van der Waals surface area contributed by atoms with Crippen molar-refractivity contribution in [3.63, 3.8) is 0 Å². The number of anilines is 1. The SMILES string of the molecule is Nc1ccc(=O)n(Cc2ccc(F)cc2F)c1. The minimum Gasteiger partial charge on any atom is -0.398 e. The lowest BCUT2D eigenvalue weighted by atomic mass is 10.2. The Morgan fingerprint density at radius 3 is 2.65 bits per heavy atom. The van der Waals surface area contributed by atoms with E-state index >= 15 is 0 Å². The highest BCUT2D eigenvalue weighted by Crippen LogP contribution is 2.10. The van der Waals surface area contributed by atoms with Crippen molar-refractivity contribution in [2.75, 3.05) is 5.73 Å². The molecule has 0 aliphatic heterocycles. The van der Waals surface area contributed by atoms with Crippen LogP contribution in [0.5, 0.6) is 0 Å². The summed E-state index contributed by atoms with van der Waals surface area (Å²) in [6.07, 6.45) is 1.42. The monoisotopic (exact) mass is 236 g/mol. The average molecular weight is 236 g/mol. The van der Waals surface area contributed by atoms with Crippen LogP contribution in [0, 0.1) is 11.6 Å². The van der Waals surface area contributed by atoms with E-state index < -0.39 is 11.6 Å². The molecule has 0 aliphatic carbocycles. The highest BCUT2D eigenvalue weighted by Gasteiger charge is 2.05. The molecule has 1 heterocycles. The number of hydrogen-bond donors (Lipinski definition) is 1. The number of rotatable bonds is 2. The van der Waals surface area contributed by atoms with E-state index in [-0.39, 0.29) is 17.7 Å². The van der Waals surface area contributed by atoms with Gasteiger partial charge in [0.25, 0.3) is 5.56 Å². The second-order valence-electron chi connectivity index (χ2n) is 3.66. The topological polar surface area (TPSA) is 48.0 Å². The largest absolute Gasteiger partial charge is 0.398 e. The van der Waals surface area contributed by atoms with Gasteiger partial charge in [0.05, 0.1) is 6.54 Å². The molecule has 0 fully saturated rings. The normalized spacial score (nSPS) is 10.5. The number of nitrogens with two attached hydrogens (primary N) is 1. The van der Waals surface area contributed by atoms with Gasteiger partial charge in [-0.1, -0.05) is 6.07 Å². The highest BCUT2D eigenvalue weighted by atomic mass is 19.1. The summed E-state index contributed by atoms with van der Waals surface area (Å²) < 4.78 is 27.4. The van der Waals surface area contributed by atoms with E-state index in [1.165, 1.54) is 29.0 Å². The Bertz CT molecular complexity index is 608. The van der Waals surface area contributed by atoms with Crippen LogP contribution in [-0.2, 0) is 6.54 Å². The molecule has 5 heteroatoms. The molecule has 2 N–H and O–H groups in total. The van der Waals surface area contributed by atoms with Gasteiger partial charge >= 0.3 is 0 Å². The molecule has 0 aliphatic rings. The fourth-order valence-corrected chi connectivity index (χ4v) is 1.51. The highest BCUT2D eigenvalue weighted by molar-refractivity contribution is 5.33. The second kappa shape index (κ2) is 4.37. The van der Waals surface area contributed by atoms with Crippen molar-refractivity contribution in [3.8, 4) is 0 Å². The number of nitrogens with zero attached hydrogens (tertiary/aromatic N) is 1. The summed E-state index contributed by atoms with van der Waals surface area (Å²) >= 11 is 0. The molecule has 0 unspecified atom stereocenters. The molecule has 2 aromatic rings. The van der Waals surface area contributed by atoms with E-state index in [2.05, 4.69) is 0 Å². The minimum absolute atomic E-state index is 0.0238. The number of pyridine rings is 1. The van der Waals surface area contributed by atoms with Gasteiger partial charge in [0.15, 0.2) is 0 Å². The van der Waals surface area contributed by atoms with E-state index in [0.29, 0.717) is 5.69 Å². The summed E-state index contributed by atoms with van der Waals surface area (Å²) in [7, 11) is 0. The van der Waals surface area contributed by atoms with Gasteiger partial charge in [-0.15, -0.1) is 0 Å². The first-order valence-electron chi connectivity index (χ1n) is 4.96. The Kier molecular flexibility index (Phi) is 2.91. The van der Waals surface area contributed by atoms with Crippen molar-refractivity contribution in [1.29, 1.82) is 0 Å². The van der Waals surface area contributed by atoms with E-state index in [1.807, 2.05) is 0 Å². The first-order chi connectivity index (χ1) is 8.06. The summed E-state index contributed by atoms with van der Waals surface area (Å²) in [6, 6.07) is 6.01. The van der Waals surface area contributed by atoms with Crippen LogP contribution in [0.15, 0.2) is 41.3 Å². The van der Waals surface area contributed by atoms with Crippen LogP contribution in [0.25, 0.3) is 0 Å². The zero-order valence-electron chi connectivity index (χ0n) is 8.86. The lowest BCUT2D eigenvalue weighted by Gasteiger charge is -2.07. The number of hydrogen-bond acceptors (Lipinski definition) is 2. The molecule has 88 valence electrons. The molecule has 0 atom stereocenters. The molecule has 0 bridgehead atoms. The molecular weight excluding hydrogens is 226 g/mol. The molecule has 17 heavy (non-hydrogen) atoms. The van der Waals surface area contributed by atoms with E-state index in [0.717, 1.165) is 12.1 Å². The summed E-state index contributed by atoms with van der Waals surface area (Å²) in [5.74, 6) is -1.33. The van der Waals surface area contributed by atoms with Crippen LogP contribution < -0.4 is 11.3 Å². The van der Waals surface area contributed by atoms with Gasteiger partial charge in [-0.25, -0.2) is 8.78 Å². The molecule has 1 aromatic carbocycles. The van der Waals surface area contributed by atoms with Gasteiger partial charge in [0, 0.05) is 29.6 Å². The number of halogens is 2. The standard InChI is InChI=1S/C12H10F2N2O/c13-9-2-1-8(11(14)5-9)6-16-7-10(15)3-4-12(16)17/h1-5,7H,6,15H2. The summed E-state index contributed by atoms with van der Waals surface area (Å²) in [5.41, 5.74) is 5.89. The molecule has 2 rings (SSSR count).